The van der Waals surface area contributed by atoms with Crippen molar-refractivity contribution >= 4 is 40.9 Å². The number of nitrogens with one attached hydrogen (secondary N) is 3. The molecule has 5 N–H and O–H groups in total. The van der Waals surface area contributed by atoms with E-state index in [1.165, 1.54) is 19.5 Å². The van der Waals surface area contributed by atoms with Crippen LogP contribution in [0.5, 0.6) is 0 Å². The van der Waals surface area contributed by atoms with Crippen molar-refractivity contribution in [3.63, 3.8) is 0 Å². The summed E-state index contributed by atoms with van der Waals surface area (Å²) in [5, 5.41) is 26.1. The van der Waals surface area contributed by atoms with Gasteiger partial charge in [0.25, 0.3) is 5.91 Å². The molecule has 3 atom stereocenters. The van der Waals surface area contributed by atoms with E-state index in [0.717, 1.165) is 5.56 Å². The van der Waals surface area contributed by atoms with Crippen molar-refractivity contribution in [1.82, 2.24) is 16.1 Å². The van der Waals surface area contributed by atoms with Crippen molar-refractivity contribution < 1.29 is 24.7 Å². The van der Waals surface area contributed by atoms with Gasteiger partial charge in [-0.05, 0) is 42.5 Å². The van der Waals surface area contributed by atoms with Gasteiger partial charge in [-0.15, -0.1) is 0 Å². The topological polar surface area (TPSA) is 128 Å². The van der Waals surface area contributed by atoms with Crippen molar-refractivity contribution in [2.75, 3.05) is 7.05 Å². The first-order chi connectivity index (χ1) is 16.1. The Morgan fingerprint density at radius 1 is 1.00 bits per heavy atom. The number of benzene rings is 2. The largest absolute Gasteiger partial charge is 0.379 e. The van der Waals surface area contributed by atoms with Gasteiger partial charge in [0.05, 0.1) is 16.0 Å². The molecule has 8 nitrogen and oxygen atoms in total. The number of aliphatic hydroxyl groups is 1. The predicted molar refractivity (Wildman–Crippen MR) is 130 cm³/mol. The maximum absolute atomic E-state index is 13.3. The Bertz CT molecular complexity index is 1010. The molecule has 0 radical (unpaired) electrons. The van der Waals surface area contributed by atoms with Crippen molar-refractivity contribution in [1.29, 1.82) is 0 Å². The first kappa shape index (κ1) is 27.6. The van der Waals surface area contributed by atoms with Gasteiger partial charge in [-0.25, -0.2) is 5.48 Å². The van der Waals surface area contributed by atoms with E-state index in [1.54, 1.807) is 18.2 Å². The lowest BCUT2D eigenvalue weighted by Crippen LogP contribution is -2.59. The van der Waals surface area contributed by atoms with E-state index in [9.17, 15) is 19.5 Å². The van der Waals surface area contributed by atoms with E-state index in [1.807, 2.05) is 30.3 Å². The zero-order valence-corrected chi connectivity index (χ0v) is 20.5. The number of rotatable bonds is 11. The Morgan fingerprint density at radius 2 is 1.68 bits per heavy atom. The number of likely N-dealkylation sites (N-methyl/N-ethyl adjacent to an activating group) is 1. The molecule has 3 amide bonds. The Balaban J connectivity index is 2.23. The Labute approximate surface area is 208 Å². The molecule has 2 aromatic carbocycles. The van der Waals surface area contributed by atoms with Crippen LogP contribution in [0.2, 0.25) is 10.0 Å². The third-order valence-corrected chi connectivity index (χ3v) is 6.51. The second kappa shape index (κ2) is 12.7. The van der Waals surface area contributed by atoms with Crippen molar-refractivity contribution in [3.05, 3.63) is 69.7 Å². The van der Waals surface area contributed by atoms with Crippen LogP contribution in [0.25, 0.3) is 0 Å². The van der Waals surface area contributed by atoms with E-state index < -0.39 is 35.3 Å². The molecule has 2 rings (SSSR count). The fraction of sp³-hybridized carbons (Fsp3) is 0.375. The molecular formula is C24H29Cl2N3O5. The normalized spacial score (nSPS) is 14.4. The molecule has 0 bridgehead atoms. The van der Waals surface area contributed by atoms with Gasteiger partial charge in [-0.2, -0.15) is 0 Å². The summed E-state index contributed by atoms with van der Waals surface area (Å²) < 4.78 is 0. The minimum Gasteiger partial charge on any atom is -0.379 e. The summed E-state index contributed by atoms with van der Waals surface area (Å²) >= 11 is 12.0. The zero-order valence-electron chi connectivity index (χ0n) is 19.0. The van der Waals surface area contributed by atoms with E-state index in [-0.39, 0.29) is 12.8 Å². The van der Waals surface area contributed by atoms with Gasteiger partial charge < -0.3 is 15.7 Å². The van der Waals surface area contributed by atoms with Crippen molar-refractivity contribution in [2.45, 2.75) is 44.2 Å². The summed E-state index contributed by atoms with van der Waals surface area (Å²) in [7, 11) is 1.42. The fourth-order valence-corrected chi connectivity index (χ4v) is 3.94. The highest BCUT2D eigenvalue weighted by Crippen LogP contribution is 2.27. The highest BCUT2D eigenvalue weighted by Gasteiger charge is 2.45. The van der Waals surface area contributed by atoms with Crippen LogP contribution < -0.4 is 16.1 Å². The molecule has 0 aliphatic heterocycles. The third kappa shape index (κ3) is 7.17. The Morgan fingerprint density at radius 3 is 2.26 bits per heavy atom. The maximum atomic E-state index is 13.3. The van der Waals surface area contributed by atoms with Gasteiger partial charge in [0.2, 0.25) is 11.8 Å². The summed E-state index contributed by atoms with van der Waals surface area (Å²) in [5.74, 6) is -3.60. The molecule has 0 fully saturated rings. The predicted octanol–water partition coefficient (Wildman–Crippen LogP) is 2.66. The number of halogens is 2. The SMILES string of the molecule is CNC(=O)C(Cc1ccc(Cl)c(Cl)c1)NC(=O)[C@](O)(CCCc1ccccc1)C(C)C(=O)NO. The minimum atomic E-state index is -2.18. The quantitative estimate of drug-likeness (QED) is 0.235. The van der Waals surface area contributed by atoms with Crippen LogP contribution in [0, 0.1) is 5.92 Å². The second-order valence-electron chi connectivity index (χ2n) is 8.05. The molecule has 0 spiro atoms. The number of hydroxylamine groups is 1. The molecule has 10 heteroatoms. The lowest BCUT2D eigenvalue weighted by Gasteiger charge is -2.33. The summed E-state index contributed by atoms with van der Waals surface area (Å²) in [6, 6.07) is 13.3. The van der Waals surface area contributed by atoms with Gasteiger partial charge in [-0.1, -0.05) is 66.5 Å². The summed E-state index contributed by atoms with van der Waals surface area (Å²) in [6.07, 6.45) is 0.943. The Kier molecular flexibility index (Phi) is 10.3. The van der Waals surface area contributed by atoms with E-state index in [2.05, 4.69) is 10.6 Å². The first-order valence-corrected chi connectivity index (χ1v) is 11.5. The molecule has 0 aliphatic carbocycles. The van der Waals surface area contributed by atoms with Gasteiger partial charge in [0.1, 0.15) is 6.04 Å². The number of hydrogen-bond acceptors (Lipinski definition) is 5. The van der Waals surface area contributed by atoms with Gasteiger partial charge in [0.15, 0.2) is 5.60 Å². The Hall–Kier alpha value is -2.65. The third-order valence-electron chi connectivity index (χ3n) is 5.77. The van der Waals surface area contributed by atoms with Gasteiger partial charge >= 0.3 is 0 Å². The monoisotopic (exact) mass is 509 g/mol. The lowest BCUT2D eigenvalue weighted by molar-refractivity contribution is -0.158. The molecule has 2 aromatic rings. The summed E-state index contributed by atoms with van der Waals surface area (Å²) in [4.78, 5) is 37.9. The highest BCUT2D eigenvalue weighted by molar-refractivity contribution is 6.42. The molecule has 184 valence electrons. The lowest BCUT2D eigenvalue weighted by atomic mass is 9.82. The molecule has 0 saturated heterocycles. The van der Waals surface area contributed by atoms with Crippen LogP contribution >= 0.6 is 23.2 Å². The zero-order chi connectivity index (χ0) is 25.3. The summed E-state index contributed by atoms with van der Waals surface area (Å²) in [5.41, 5.74) is 0.955. The smallest absolute Gasteiger partial charge is 0.253 e. The van der Waals surface area contributed by atoms with Crippen LogP contribution in [0.3, 0.4) is 0 Å². The van der Waals surface area contributed by atoms with Crippen LogP contribution in [0.15, 0.2) is 48.5 Å². The average Bonchev–Trinajstić information content (AvgIpc) is 2.84. The van der Waals surface area contributed by atoms with E-state index in [4.69, 9.17) is 28.4 Å². The number of carbonyl (C=O) groups is 3. The average molecular weight is 510 g/mol. The first-order valence-electron chi connectivity index (χ1n) is 10.8. The van der Waals surface area contributed by atoms with Crippen LogP contribution in [-0.4, -0.2) is 46.7 Å². The second-order valence-corrected chi connectivity index (χ2v) is 8.87. The van der Waals surface area contributed by atoms with Crippen molar-refractivity contribution in [3.8, 4) is 0 Å². The van der Waals surface area contributed by atoms with Crippen LogP contribution in [-0.2, 0) is 27.2 Å². The van der Waals surface area contributed by atoms with Crippen LogP contribution in [0.1, 0.15) is 30.9 Å². The number of carbonyl (C=O) groups excluding carboxylic acids is 3. The minimum absolute atomic E-state index is 0.0724. The summed E-state index contributed by atoms with van der Waals surface area (Å²) in [6.45, 7) is 1.33. The molecule has 34 heavy (non-hydrogen) atoms. The van der Waals surface area contributed by atoms with Crippen molar-refractivity contribution in [2.24, 2.45) is 5.92 Å². The maximum Gasteiger partial charge on any atom is 0.253 e. The molecule has 0 saturated carbocycles. The molecule has 0 heterocycles. The highest BCUT2D eigenvalue weighted by atomic mass is 35.5. The molecular weight excluding hydrogens is 481 g/mol. The van der Waals surface area contributed by atoms with Gasteiger partial charge in [-0.3, -0.25) is 19.6 Å². The number of hydrogen-bond donors (Lipinski definition) is 5. The van der Waals surface area contributed by atoms with Crippen LogP contribution in [0.4, 0.5) is 0 Å². The molecule has 2 unspecified atom stereocenters. The van der Waals surface area contributed by atoms with Gasteiger partial charge in [0, 0.05) is 13.5 Å². The van der Waals surface area contributed by atoms with E-state index in [0.29, 0.717) is 28.5 Å². The molecule has 0 aromatic heterocycles. The fourth-order valence-electron chi connectivity index (χ4n) is 3.62. The number of amides is 3. The van der Waals surface area contributed by atoms with E-state index >= 15 is 0 Å². The molecule has 0 aliphatic rings. The standard InChI is InChI=1S/C24H29Cl2N3O5/c1-15(21(30)29-34)24(33,12-6-9-16-7-4-3-5-8-16)23(32)28-20(22(31)27-2)14-17-10-11-18(25)19(26)13-17/h3-5,7-8,10-11,13,15,20,33-34H,6,9,12,14H2,1-2H3,(H,27,31)(H,28,32)(H,29,30)/t15?,20?,24-/m0/s1. The number of aryl methyl sites for hydroxylation is 1.